The van der Waals surface area contributed by atoms with Gasteiger partial charge in [-0.25, -0.2) is 0 Å². The standard InChI is InChI=1S/C55H92O6/c1-4-7-10-13-16-19-22-25-27-28-31-33-36-39-42-45-48-54(57)60-51-52(50-59-53(56)47-44-41-38-35-32-29-24-21-18-15-12-9-6-3)61-55(58)49-46-43-40-37-34-30-26-23-20-17-14-11-8-5-2/h7-8,10-11,16-17,19-20,25,27,31,33,39,42,52H,4-6,9,12-15,18,21-24,26,28-30,32,34-38,40-41,43-51H2,1-3H3/b10-7-,11-8-,19-16-,20-17-,27-25-,33-31-,42-39-. The van der Waals surface area contributed by atoms with Gasteiger partial charge < -0.3 is 14.2 Å². The number of rotatable bonds is 44. The zero-order valence-electron chi connectivity index (χ0n) is 39.7. The van der Waals surface area contributed by atoms with E-state index in [1.807, 2.05) is 6.08 Å². The molecule has 0 amide bonds. The molecule has 61 heavy (non-hydrogen) atoms. The highest BCUT2D eigenvalue weighted by Crippen LogP contribution is 2.14. The van der Waals surface area contributed by atoms with Crippen LogP contribution in [-0.4, -0.2) is 37.2 Å². The molecule has 0 saturated heterocycles. The predicted molar refractivity (Wildman–Crippen MR) is 261 cm³/mol. The fourth-order valence-electron chi connectivity index (χ4n) is 6.70. The molecule has 0 aromatic rings. The lowest BCUT2D eigenvalue weighted by atomic mass is 10.0. The molecule has 0 spiro atoms. The number of carbonyl (C=O) groups is 3. The van der Waals surface area contributed by atoms with Crippen molar-refractivity contribution in [3.05, 3.63) is 85.1 Å². The van der Waals surface area contributed by atoms with E-state index >= 15 is 0 Å². The number of esters is 3. The number of ether oxygens (including phenoxy) is 3. The van der Waals surface area contributed by atoms with Gasteiger partial charge in [-0.1, -0.05) is 215 Å². The maximum Gasteiger partial charge on any atom is 0.306 e. The lowest BCUT2D eigenvalue weighted by Gasteiger charge is -2.18. The number of carbonyl (C=O) groups excluding carboxylic acids is 3. The van der Waals surface area contributed by atoms with Gasteiger partial charge in [0.05, 0.1) is 0 Å². The maximum atomic E-state index is 12.8. The Labute approximate surface area is 375 Å². The molecule has 0 N–H and O–H groups in total. The molecule has 0 radical (unpaired) electrons. The minimum Gasteiger partial charge on any atom is -0.462 e. The zero-order chi connectivity index (χ0) is 44.4. The average molecular weight is 849 g/mol. The second-order valence-corrected chi connectivity index (χ2v) is 16.3. The molecule has 348 valence electrons. The normalized spacial score (nSPS) is 12.8. The number of allylic oxidation sites excluding steroid dienone is 14. The second kappa shape index (κ2) is 49.2. The van der Waals surface area contributed by atoms with E-state index in [0.29, 0.717) is 19.3 Å². The third-order valence-electron chi connectivity index (χ3n) is 10.4. The molecule has 0 aliphatic carbocycles. The second-order valence-electron chi connectivity index (χ2n) is 16.3. The van der Waals surface area contributed by atoms with E-state index in [9.17, 15) is 14.4 Å². The monoisotopic (exact) mass is 849 g/mol. The van der Waals surface area contributed by atoms with Gasteiger partial charge in [-0.2, -0.15) is 0 Å². The molecule has 0 bridgehead atoms. The van der Waals surface area contributed by atoms with Crippen LogP contribution in [0.15, 0.2) is 85.1 Å². The smallest absolute Gasteiger partial charge is 0.306 e. The summed E-state index contributed by atoms with van der Waals surface area (Å²) in [5, 5.41) is 0. The van der Waals surface area contributed by atoms with Crippen molar-refractivity contribution >= 4 is 17.9 Å². The molecule has 0 aromatic heterocycles. The summed E-state index contributed by atoms with van der Waals surface area (Å²) in [6.07, 6.45) is 62.9. The number of unbranched alkanes of at least 4 members (excludes halogenated alkanes) is 19. The fraction of sp³-hybridized carbons (Fsp3) is 0.691. The molecule has 1 unspecified atom stereocenters. The van der Waals surface area contributed by atoms with Crippen molar-refractivity contribution in [2.45, 2.75) is 232 Å². The van der Waals surface area contributed by atoms with E-state index in [-0.39, 0.29) is 37.5 Å². The first kappa shape index (κ1) is 57.6. The van der Waals surface area contributed by atoms with E-state index in [2.05, 4.69) is 99.8 Å². The Kier molecular flexibility index (Phi) is 46.5. The Balaban J connectivity index is 4.50. The molecular weight excluding hydrogens is 757 g/mol. The van der Waals surface area contributed by atoms with Crippen LogP contribution in [0.4, 0.5) is 0 Å². The van der Waals surface area contributed by atoms with Crippen LogP contribution in [0.1, 0.15) is 226 Å². The van der Waals surface area contributed by atoms with Crippen LogP contribution in [0.25, 0.3) is 0 Å². The van der Waals surface area contributed by atoms with Gasteiger partial charge in [0, 0.05) is 19.3 Å². The van der Waals surface area contributed by atoms with Crippen molar-refractivity contribution in [1.82, 2.24) is 0 Å². The minimum atomic E-state index is -0.808. The molecular formula is C55H92O6. The zero-order valence-corrected chi connectivity index (χ0v) is 39.7. The van der Waals surface area contributed by atoms with Crippen molar-refractivity contribution in [3.8, 4) is 0 Å². The molecule has 1 atom stereocenters. The topological polar surface area (TPSA) is 78.9 Å². The lowest BCUT2D eigenvalue weighted by molar-refractivity contribution is -0.166. The molecule has 0 fully saturated rings. The van der Waals surface area contributed by atoms with Gasteiger partial charge in [-0.05, 0) is 77.0 Å². The highest BCUT2D eigenvalue weighted by Gasteiger charge is 2.19. The molecule has 0 rings (SSSR count). The van der Waals surface area contributed by atoms with Crippen LogP contribution >= 0.6 is 0 Å². The van der Waals surface area contributed by atoms with E-state index in [0.717, 1.165) is 89.9 Å². The van der Waals surface area contributed by atoms with Gasteiger partial charge >= 0.3 is 17.9 Å². The predicted octanol–water partition coefficient (Wildman–Crippen LogP) is 16.4. The van der Waals surface area contributed by atoms with E-state index in [1.54, 1.807) is 0 Å². The molecule has 0 aromatic carbocycles. The van der Waals surface area contributed by atoms with E-state index in [1.165, 1.54) is 89.9 Å². The van der Waals surface area contributed by atoms with Gasteiger partial charge in [0.15, 0.2) is 6.10 Å². The SMILES string of the molecule is CC/C=C\C/C=C\C/C=C\C/C=C\C/C=C\CCC(=O)OCC(COC(=O)CCCCCCCCCCCCCCC)OC(=O)CCCCCCCCC/C=C\C/C=C\CC. The summed E-state index contributed by atoms with van der Waals surface area (Å²) in [5.41, 5.74) is 0. The first-order valence-electron chi connectivity index (χ1n) is 25.1. The first-order valence-corrected chi connectivity index (χ1v) is 25.1. The highest BCUT2D eigenvalue weighted by atomic mass is 16.6. The highest BCUT2D eigenvalue weighted by molar-refractivity contribution is 5.71. The lowest BCUT2D eigenvalue weighted by Crippen LogP contribution is -2.30. The van der Waals surface area contributed by atoms with Crippen molar-refractivity contribution in [3.63, 3.8) is 0 Å². The molecule has 6 heteroatoms. The molecule has 6 nitrogen and oxygen atoms in total. The summed E-state index contributed by atoms with van der Waals surface area (Å²) in [4.78, 5) is 37.9. The summed E-state index contributed by atoms with van der Waals surface area (Å²) in [6, 6.07) is 0. The van der Waals surface area contributed by atoms with Crippen LogP contribution < -0.4 is 0 Å². The molecule has 0 aliphatic heterocycles. The summed E-state index contributed by atoms with van der Waals surface area (Å²) >= 11 is 0. The van der Waals surface area contributed by atoms with Gasteiger partial charge in [-0.3, -0.25) is 14.4 Å². The maximum absolute atomic E-state index is 12.8. The van der Waals surface area contributed by atoms with Gasteiger partial charge in [0.25, 0.3) is 0 Å². The third-order valence-corrected chi connectivity index (χ3v) is 10.4. The first-order chi connectivity index (χ1) is 30.0. The van der Waals surface area contributed by atoms with Crippen molar-refractivity contribution in [2.24, 2.45) is 0 Å². The van der Waals surface area contributed by atoms with Crippen molar-refractivity contribution < 1.29 is 28.6 Å². The van der Waals surface area contributed by atoms with E-state index < -0.39 is 6.10 Å². The molecule has 0 heterocycles. The fourth-order valence-corrected chi connectivity index (χ4v) is 6.70. The summed E-state index contributed by atoms with van der Waals surface area (Å²) in [6.45, 7) is 6.34. The Morgan fingerprint density at radius 3 is 1.10 bits per heavy atom. The average Bonchev–Trinajstić information content (AvgIpc) is 3.26. The van der Waals surface area contributed by atoms with Crippen LogP contribution in [0.2, 0.25) is 0 Å². The summed E-state index contributed by atoms with van der Waals surface area (Å²) in [7, 11) is 0. The third kappa shape index (κ3) is 47.5. The van der Waals surface area contributed by atoms with Crippen LogP contribution in [0, 0.1) is 0 Å². The number of hydrogen-bond acceptors (Lipinski definition) is 6. The van der Waals surface area contributed by atoms with Crippen molar-refractivity contribution in [2.75, 3.05) is 13.2 Å². The largest absolute Gasteiger partial charge is 0.462 e. The van der Waals surface area contributed by atoms with Crippen LogP contribution in [-0.2, 0) is 28.6 Å². The Morgan fingerprint density at radius 1 is 0.344 bits per heavy atom. The molecule has 0 saturated carbocycles. The van der Waals surface area contributed by atoms with Crippen LogP contribution in [0.5, 0.6) is 0 Å². The quantitative estimate of drug-likeness (QED) is 0.0263. The van der Waals surface area contributed by atoms with Gasteiger partial charge in [0.1, 0.15) is 13.2 Å². The van der Waals surface area contributed by atoms with Crippen molar-refractivity contribution in [1.29, 1.82) is 0 Å². The summed E-state index contributed by atoms with van der Waals surface area (Å²) < 4.78 is 16.7. The minimum absolute atomic E-state index is 0.101. The van der Waals surface area contributed by atoms with E-state index in [4.69, 9.17) is 14.2 Å². The van der Waals surface area contributed by atoms with Gasteiger partial charge in [0.2, 0.25) is 0 Å². The number of hydrogen-bond donors (Lipinski definition) is 0. The van der Waals surface area contributed by atoms with Gasteiger partial charge in [-0.15, -0.1) is 0 Å². The molecule has 0 aliphatic rings. The Morgan fingerprint density at radius 2 is 0.672 bits per heavy atom. The summed E-state index contributed by atoms with van der Waals surface area (Å²) in [5.74, 6) is -0.998. The van der Waals surface area contributed by atoms with Crippen LogP contribution in [0.3, 0.4) is 0 Å². The Hall–Kier alpha value is -3.41. The Bertz CT molecular complexity index is 1200.